The van der Waals surface area contributed by atoms with Crippen LogP contribution in [-0.2, 0) is 73.7 Å². The van der Waals surface area contributed by atoms with Crippen LogP contribution in [0.25, 0.3) is 32.4 Å². The molecule has 21 nitrogen and oxygen atoms in total. The molecular formula is C68H75N5O16S3-2. The number of fused-ring (bicyclic) bond motifs is 7. The second-order valence-corrected chi connectivity index (χ2v) is 27.9. The maximum Gasteiger partial charge on any atom is 0.267 e. The Balaban J connectivity index is 0.761. The van der Waals surface area contributed by atoms with Crippen molar-refractivity contribution in [3.8, 4) is 5.75 Å². The van der Waals surface area contributed by atoms with E-state index in [2.05, 4.69) is 10.2 Å². The molecule has 488 valence electrons. The van der Waals surface area contributed by atoms with Crippen molar-refractivity contribution in [1.29, 1.82) is 0 Å². The Morgan fingerprint density at radius 1 is 0.707 bits per heavy atom. The lowest BCUT2D eigenvalue weighted by atomic mass is 9.79. The van der Waals surface area contributed by atoms with Gasteiger partial charge in [-0.3, -0.25) is 14.4 Å². The molecule has 0 bridgehead atoms. The molecule has 6 aromatic carbocycles. The van der Waals surface area contributed by atoms with E-state index in [4.69, 9.17) is 14.2 Å². The molecule has 0 radical (unpaired) electrons. The van der Waals surface area contributed by atoms with Crippen LogP contribution < -0.4 is 20.7 Å². The van der Waals surface area contributed by atoms with Crippen molar-refractivity contribution in [2.75, 3.05) is 76.1 Å². The van der Waals surface area contributed by atoms with Gasteiger partial charge in [-0.25, -0.2) is 25.3 Å². The molecule has 0 atom stereocenters. The molecule has 2 aliphatic rings. The van der Waals surface area contributed by atoms with Crippen LogP contribution in [0.2, 0.25) is 0 Å². The van der Waals surface area contributed by atoms with Crippen molar-refractivity contribution in [3.63, 3.8) is 0 Å². The monoisotopic (exact) mass is 1310 g/mol. The normalized spacial score (nSPS) is 15.2. The Kier molecular flexibility index (Phi) is 20.6. The number of anilines is 2. The fourth-order valence-electron chi connectivity index (χ4n) is 12.7. The molecule has 2 N–H and O–H groups in total. The van der Waals surface area contributed by atoms with Crippen LogP contribution in [0.15, 0.2) is 153 Å². The number of pyridine rings is 1. The molecule has 0 aliphatic carbocycles. The second kappa shape index (κ2) is 27.7. The maximum atomic E-state index is 14.1. The third-order valence-electron chi connectivity index (χ3n) is 17.2. The van der Waals surface area contributed by atoms with Gasteiger partial charge in [0.25, 0.3) is 11.5 Å². The zero-order valence-corrected chi connectivity index (χ0v) is 55.1. The number of amides is 2. The van der Waals surface area contributed by atoms with Crippen LogP contribution in [0.1, 0.15) is 92.9 Å². The number of nitrogens with one attached hydrogen (secondary N) is 1. The number of aromatic hydroxyl groups is 1. The summed E-state index contributed by atoms with van der Waals surface area (Å²) in [6.45, 7) is 13.9. The number of carbonyl (C=O) groups excluding carboxylic acids is 2. The highest BCUT2D eigenvalue weighted by Crippen LogP contribution is 2.52. The predicted molar refractivity (Wildman–Crippen MR) is 349 cm³/mol. The first-order valence-corrected chi connectivity index (χ1v) is 34.4. The van der Waals surface area contributed by atoms with Crippen molar-refractivity contribution in [3.05, 3.63) is 171 Å². The van der Waals surface area contributed by atoms with E-state index in [1.165, 1.54) is 27.7 Å². The Bertz CT molecular complexity index is 4590. The topological polar surface area (TPSA) is 297 Å². The van der Waals surface area contributed by atoms with E-state index >= 15 is 0 Å². The Morgan fingerprint density at radius 2 is 1.35 bits per heavy atom. The molecule has 9 rings (SSSR count). The number of rotatable bonds is 27. The Hall–Kier alpha value is -7.91. The van der Waals surface area contributed by atoms with Crippen LogP contribution in [0.3, 0.4) is 0 Å². The van der Waals surface area contributed by atoms with E-state index in [0.29, 0.717) is 90.1 Å². The Morgan fingerprint density at radius 3 is 2.01 bits per heavy atom. The summed E-state index contributed by atoms with van der Waals surface area (Å²) in [7, 11) is -11.7. The van der Waals surface area contributed by atoms with Gasteiger partial charge in [-0.15, -0.1) is 0 Å². The molecule has 1 aromatic heterocycles. The van der Waals surface area contributed by atoms with Crippen molar-refractivity contribution in [1.82, 2.24) is 9.88 Å². The van der Waals surface area contributed by atoms with Crippen molar-refractivity contribution < 1.29 is 72.4 Å². The predicted octanol–water partition coefficient (Wildman–Crippen LogP) is 9.01. The minimum Gasteiger partial charge on any atom is -0.744 e. The highest BCUT2D eigenvalue weighted by atomic mass is 32.2. The van der Waals surface area contributed by atoms with Gasteiger partial charge in [0.2, 0.25) is 11.6 Å². The summed E-state index contributed by atoms with van der Waals surface area (Å²) in [4.78, 5) is 42.2. The summed E-state index contributed by atoms with van der Waals surface area (Å²) in [6.07, 6.45) is 12.2. The quantitative estimate of drug-likeness (QED) is 0.0210. The molecule has 3 heterocycles. The largest absolute Gasteiger partial charge is 0.744 e. The lowest BCUT2D eigenvalue weighted by molar-refractivity contribution is -0.401. The van der Waals surface area contributed by atoms with E-state index in [1.807, 2.05) is 99.9 Å². The summed E-state index contributed by atoms with van der Waals surface area (Å²) < 4.78 is 131. The zero-order valence-electron chi connectivity index (χ0n) is 52.6. The van der Waals surface area contributed by atoms with Gasteiger partial charge in [-0.05, 0) is 134 Å². The van der Waals surface area contributed by atoms with Crippen LogP contribution >= 0.6 is 0 Å². The minimum absolute atomic E-state index is 0.00398. The fourth-order valence-corrected chi connectivity index (χ4v) is 14.6. The highest BCUT2D eigenvalue weighted by Gasteiger charge is 2.45. The highest BCUT2D eigenvalue weighted by molar-refractivity contribution is 7.86. The number of allylic oxidation sites excluding steroid dienone is 6. The van der Waals surface area contributed by atoms with Gasteiger partial charge in [-0.2, -0.15) is 4.58 Å². The third-order valence-corrected chi connectivity index (χ3v) is 19.7. The molecule has 0 spiro atoms. The van der Waals surface area contributed by atoms with Gasteiger partial charge < -0.3 is 52.7 Å². The van der Waals surface area contributed by atoms with Crippen LogP contribution in [-0.4, -0.2) is 137 Å². The SMILES string of the molecule is CCc1cccc2c1c(O)c(C(=O)N(CCOCCOCCOCCNC(=O)CCCCCN1/C(=C/C=C/C=C/C3=[N+](C)c4ccc5c(S(=O)(=O)[O-])cc(S(=O)(=O)[O-])cc5c4C3(C)C)C(C)(C)c3c1ccc1c(C)cc(S(=O)(=O)[O-])cc31)c1ccccc1)c(=O)n2C. The zero-order chi connectivity index (χ0) is 66.7. The lowest BCUT2D eigenvalue weighted by Gasteiger charge is -2.27. The van der Waals surface area contributed by atoms with Gasteiger partial charge in [0, 0.05) is 84.1 Å². The number of aryl methyl sites for hydroxylation is 3. The van der Waals surface area contributed by atoms with E-state index in [-0.39, 0.29) is 79.1 Å². The van der Waals surface area contributed by atoms with Gasteiger partial charge >= 0.3 is 0 Å². The molecular weight excluding hydrogens is 1240 g/mol. The van der Waals surface area contributed by atoms with Crippen LogP contribution in [0, 0.1) is 6.92 Å². The third kappa shape index (κ3) is 14.2. The van der Waals surface area contributed by atoms with Crippen LogP contribution in [0.4, 0.5) is 17.1 Å². The lowest BCUT2D eigenvalue weighted by Crippen LogP contribution is -2.38. The van der Waals surface area contributed by atoms with E-state index in [0.717, 1.165) is 39.7 Å². The first-order chi connectivity index (χ1) is 43.5. The number of unbranched alkanes of at least 4 members (excludes halogenated alkanes) is 2. The van der Waals surface area contributed by atoms with Crippen molar-refractivity contribution >= 4 is 97.4 Å². The number of nitrogens with zero attached hydrogens (tertiary/aromatic N) is 4. The number of benzene rings is 6. The van der Waals surface area contributed by atoms with Crippen molar-refractivity contribution in [2.24, 2.45) is 7.05 Å². The van der Waals surface area contributed by atoms with E-state index in [9.17, 15) is 58.4 Å². The number of hydrogen-bond acceptors (Lipinski definition) is 17. The summed E-state index contributed by atoms with van der Waals surface area (Å²) in [6, 6.07) is 25.9. The number of ether oxygens (including phenoxy) is 3. The van der Waals surface area contributed by atoms with Gasteiger partial charge in [0.15, 0.2) is 5.71 Å². The second-order valence-electron chi connectivity index (χ2n) is 23.8. The smallest absolute Gasteiger partial charge is 0.267 e. The first kappa shape index (κ1) is 68.5. The standard InChI is InChI=1S/C68H77N5O16S3/c1-9-45-20-19-23-53-60(45)64(75)61(65(76)71(53)8)66(77)72(46-21-13-10-14-22-46)33-35-88-37-39-89-38-36-87-34-31-69-59(74)26-17-12-18-32-73-55-30-27-49-44(2)40-47(90(78,79)80)41-51(49)63(55)68(5,6)58(73)25-16-11-15-24-57-67(3,4)62-52-42-48(91(81,82)83)43-56(92(84,85)86)50(52)28-29-54(62)70(57)7/h10-11,13-16,19-25,27-30,40-43H,9,12,17-18,26,31-39H2,1-8H3,(H4-,69,74,75,76,77,78,79,80,81,82,83,84,85,86)/p-2. The molecule has 0 saturated heterocycles. The number of carbonyl (C=O) groups is 2. The minimum atomic E-state index is -5.18. The molecule has 92 heavy (non-hydrogen) atoms. The molecule has 7 aromatic rings. The molecule has 2 amide bonds. The number of hydrogen-bond donors (Lipinski definition) is 2. The van der Waals surface area contributed by atoms with Gasteiger partial charge in [0.1, 0.15) is 48.7 Å². The summed E-state index contributed by atoms with van der Waals surface area (Å²) in [5.74, 6) is -1.11. The summed E-state index contributed by atoms with van der Waals surface area (Å²) in [5, 5.41) is 16.4. The Labute approximate surface area is 536 Å². The molecule has 0 fully saturated rings. The first-order valence-electron chi connectivity index (χ1n) is 30.2. The average Bonchev–Trinajstić information content (AvgIpc) is 1.51. The summed E-state index contributed by atoms with van der Waals surface area (Å²) >= 11 is 0. The maximum absolute atomic E-state index is 14.1. The fraction of sp³-hybridized carbons (Fsp3) is 0.353. The van der Waals surface area contributed by atoms with Crippen molar-refractivity contribution in [2.45, 2.75) is 99.2 Å². The molecule has 0 unspecified atom stereocenters. The molecule has 2 aliphatic heterocycles. The molecule has 24 heteroatoms. The summed E-state index contributed by atoms with van der Waals surface area (Å²) in [5.41, 5.74) is 4.51. The molecule has 0 saturated carbocycles. The van der Waals surface area contributed by atoms with Crippen LogP contribution in [0.5, 0.6) is 5.75 Å². The number of aromatic nitrogens is 1. The average molecular weight is 1310 g/mol. The number of para-hydroxylation sites is 1. The van der Waals surface area contributed by atoms with E-state index in [1.54, 1.807) is 57.4 Å². The van der Waals surface area contributed by atoms with Gasteiger partial charge in [-0.1, -0.05) is 81.8 Å². The van der Waals surface area contributed by atoms with E-state index < -0.39 is 62.4 Å². The van der Waals surface area contributed by atoms with Gasteiger partial charge in [0.05, 0.1) is 65.3 Å².